The molecule has 0 saturated carbocycles. The monoisotopic (exact) mass is 343 g/mol. The maximum Gasteiger partial charge on any atom is 0.317 e. The minimum atomic E-state index is -0.288. The van der Waals surface area contributed by atoms with Crippen LogP contribution in [0.4, 0.5) is 4.79 Å². The molecule has 0 bridgehead atoms. The number of nitrogens with one attached hydrogen (secondary N) is 1. The fourth-order valence-electron chi connectivity index (χ4n) is 2.51. The average Bonchev–Trinajstić information content (AvgIpc) is 2.50. The fourth-order valence-corrected chi connectivity index (χ4v) is 2.82. The summed E-state index contributed by atoms with van der Waals surface area (Å²) < 4.78 is 0. The molecule has 1 saturated heterocycles. The highest BCUT2D eigenvalue weighted by molar-refractivity contribution is 6.42. The van der Waals surface area contributed by atoms with Crippen molar-refractivity contribution in [3.05, 3.63) is 33.8 Å². The van der Waals surface area contributed by atoms with Crippen LogP contribution in [0.25, 0.3) is 0 Å². The molecule has 7 heteroatoms. The highest BCUT2D eigenvalue weighted by atomic mass is 35.5. The van der Waals surface area contributed by atoms with E-state index in [-0.39, 0.29) is 23.9 Å². The van der Waals surface area contributed by atoms with Crippen molar-refractivity contribution in [2.24, 2.45) is 11.7 Å². The van der Waals surface area contributed by atoms with Crippen LogP contribution in [-0.4, -0.2) is 29.9 Å². The number of halogens is 2. The first-order valence-electron chi connectivity index (χ1n) is 7.18. The van der Waals surface area contributed by atoms with Crippen LogP contribution in [0.1, 0.15) is 31.4 Å². The first-order chi connectivity index (χ1) is 10.4. The van der Waals surface area contributed by atoms with E-state index in [0.717, 1.165) is 5.56 Å². The first kappa shape index (κ1) is 16.9. The van der Waals surface area contributed by atoms with Crippen molar-refractivity contribution in [2.45, 2.75) is 25.8 Å². The van der Waals surface area contributed by atoms with Gasteiger partial charge < -0.3 is 16.0 Å². The van der Waals surface area contributed by atoms with Crippen LogP contribution in [0.2, 0.25) is 10.0 Å². The number of rotatable bonds is 3. The van der Waals surface area contributed by atoms with E-state index in [1.165, 1.54) is 0 Å². The SMILES string of the molecule is CC(NC(=O)N1CCC(C(N)=O)CC1)c1ccc(Cl)c(Cl)c1. The molecule has 2 rings (SSSR count). The van der Waals surface area contributed by atoms with E-state index in [4.69, 9.17) is 28.9 Å². The molecular weight excluding hydrogens is 325 g/mol. The third kappa shape index (κ3) is 4.05. The van der Waals surface area contributed by atoms with Gasteiger partial charge in [0.05, 0.1) is 16.1 Å². The summed E-state index contributed by atoms with van der Waals surface area (Å²) in [5.74, 6) is -0.416. The van der Waals surface area contributed by atoms with Gasteiger partial charge in [0.2, 0.25) is 5.91 Å². The molecule has 0 aromatic heterocycles. The fraction of sp³-hybridized carbons (Fsp3) is 0.467. The molecule has 0 spiro atoms. The Morgan fingerprint density at radius 1 is 1.27 bits per heavy atom. The normalized spacial score (nSPS) is 17.1. The molecule has 5 nitrogen and oxygen atoms in total. The second kappa shape index (κ2) is 7.20. The van der Waals surface area contributed by atoms with Gasteiger partial charge in [0.15, 0.2) is 0 Å². The van der Waals surface area contributed by atoms with Crippen LogP contribution in [0.3, 0.4) is 0 Å². The highest BCUT2D eigenvalue weighted by Gasteiger charge is 2.26. The van der Waals surface area contributed by atoms with Crippen molar-refractivity contribution in [2.75, 3.05) is 13.1 Å². The lowest BCUT2D eigenvalue weighted by Gasteiger charge is -2.31. The Morgan fingerprint density at radius 3 is 2.45 bits per heavy atom. The second-order valence-corrected chi connectivity index (χ2v) is 6.32. The van der Waals surface area contributed by atoms with Crippen molar-refractivity contribution in [1.29, 1.82) is 0 Å². The Hall–Kier alpha value is -1.46. The summed E-state index contributed by atoms with van der Waals surface area (Å²) >= 11 is 11.9. The maximum absolute atomic E-state index is 12.2. The molecule has 1 heterocycles. The van der Waals surface area contributed by atoms with E-state index < -0.39 is 0 Å². The Labute approximate surface area is 139 Å². The average molecular weight is 344 g/mol. The number of hydrogen-bond acceptors (Lipinski definition) is 2. The first-order valence-corrected chi connectivity index (χ1v) is 7.93. The summed E-state index contributed by atoms with van der Waals surface area (Å²) in [5.41, 5.74) is 6.17. The zero-order valence-electron chi connectivity index (χ0n) is 12.3. The van der Waals surface area contributed by atoms with Crippen LogP contribution in [0.15, 0.2) is 18.2 Å². The molecule has 22 heavy (non-hydrogen) atoms. The molecule has 1 aliphatic heterocycles. The van der Waals surface area contributed by atoms with Crippen molar-refractivity contribution < 1.29 is 9.59 Å². The quantitative estimate of drug-likeness (QED) is 0.885. The number of benzene rings is 1. The lowest BCUT2D eigenvalue weighted by molar-refractivity contribution is -0.123. The Bertz CT molecular complexity index is 572. The molecule has 1 unspecified atom stereocenters. The van der Waals surface area contributed by atoms with Crippen LogP contribution in [0, 0.1) is 5.92 Å². The van der Waals surface area contributed by atoms with Gasteiger partial charge in [-0.05, 0) is 37.5 Å². The molecule has 1 atom stereocenters. The molecule has 1 aliphatic rings. The summed E-state index contributed by atoms with van der Waals surface area (Å²) in [6, 6.07) is 4.95. The van der Waals surface area contributed by atoms with Gasteiger partial charge in [-0.3, -0.25) is 4.79 Å². The Kier molecular flexibility index (Phi) is 5.53. The van der Waals surface area contributed by atoms with Gasteiger partial charge in [-0.2, -0.15) is 0 Å². The summed E-state index contributed by atoms with van der Waals surface area (Å²) in [5, 5.41) is 3.87. The molecule has 0 aliphatic carbocycles. The summed E-state index contributed by atoms with van der Waals surface area (Å²) in [6.07, 6.45) is 1.23. The Morgan fingerprint density at radius 2 is 1.91 bits per heavy atom. The van der Waals surface area contributed by atoms with E-state index in [1.807, 2.05) is 13.0 Å². The predicted octanol–water partition coefficient (Wildman–Crippen LogP) is 2.96. The molecule has 120 valence electrons. The van der Waals surface area contributed by atoms with Gasteiger partial charge in [-0.1, -0.05) is 29.3 Å². The van der Waals surface area contributed by atoms with Gasteiger partial charge in [-0.15, -0.1) is 0 Å². The largest absolute Gasteiger partial charge is 0.369 e. The molecule has 0 radical (unpaired) electrons. The topological polar surface area (TPSA) is 75.4 Å². The van der Waals surface area contributed by atoms with Gasteiger partial charge in [0.25, 0.3) is 0 Å². The number of urea groups is 1. The van der Waals surface area contributed by atoms with Crippen LogP contribution < -0.4 is 11.1 Å². The van der Waals surface area contributed by atoms with E-state index in [2.05, 4.69) is 5.32 Å². The van der Waals surface area contributed by atoms with Crippen LogP contribution in [0.5, 0.6) is 0 Å². The maximum atomic E-state index is 12.2. The lowest BCUT2D eigenvalue weighted by Crippen LogP contribution is -2.46. The minimum Gasteiger partial charge on any atom is -0.369 e. The van der Waals surface area contributed by atoms with Gasteiger partial charge in [0, 0.05) is 19.0 Å². The number of nitrogens with two attached hydrogens (primary N) is 1. The number of amides is 3. The summed E-state index contributed by atoms with van der Waals surface area (Å²) in [6.45, 7) is 2.95. The summed E-state index contributed by atoms with van der Waals surface area (Å²) in [4.78, 5) is 25.1. The van der Waals surface area contributed by atoms with Crippen molar-refractivity contribution in [1.82, 2.24) is 10.2 Å². The lowest BCUT2D eigenvalue weighted by atomic mass is 9.96. The standard InChI is InChI=1S/C15H19Cl2N3O2/c1-9(11-2-3-12(16)13(17)8-11)19-15(22)20-6-4-10(5-7-20)14(18)21/h2-3,8-10H,4-7H2,1H3,(H2,18,21)(H,19,22). The minimum absolute atomic E-state index is 0.128. The Balaban J connectivity index is 1.91. The third-order valence-corrected chi connectivity index (χ3v) is 4.71. The van der Waals surface area contributed by atoms with Crippen molar-refractivity contribution in [3.63, 3.8) is 0 Å². The van der Waals surface area contributed by atoms with Crippen molar-refractivity contribution in [3.8, 4) is 0 Å². The third-order valence-electron chi connectivity index (χ3n) is 3.97. The van der Waals surface area contributed by atoms with Crippen LogP contribution >= 0.6 is 23.2 Å². The van der Waals surface area contributed by atoms with Crippen LogP contribution in [-0.2, 0) is 4.79 Å². The highest BCUT2D eigenvalue weighted by Crippen LogP contribution is 2.26. The molecule has 1 aromatic rings. The number of likely N-dealkylation sites (tertiary alicyclic amines) is 1. The molecule has 3 amide bonds. The predicted molar refractivity (Wildman–Crippen MR) is 86.9 cm³/mol. The van der Waals surface area contributed by atoms with Gasteiger partial charge in [-0.25, -0.2) is 4.79 Å². The number of carbonyl (C=O) groups excluding carboxylic acids is 2. The number of carbonyl (C=O) groups is 2. The van der Waals surface area contributed by atoms with Crippen molar-refractivity contribution >= 4 is 35.1 Å². The number of primary amides is 1. The second-order valence-electron chi connectivity index (χ2n) is 5.51. The molecule has 1 fully saturated rings. The number of piperidine rings is 1. The zero-order valence-corrected chi connectivity index (χ0v) is 13.8. The van der Waals surface area contributed by atoms with E-state index in [9.17, 15) is 9.59 Å². The molecule has 3 N–H and O–H groups in total. The smallest absolute Gasteiger partial charge is 0.317 e. The zero-order chi connectivity index (χ0) is 16.3. The van der Waals surface area contributed by atoms with Gasteiger partial charge in [0.1, 0.15) is 0 Å². The number of nitrogens with zero attached hydrogens (tertiary/aromatic N) is 1. The molecule has 1 aromatic carbocycles. The number of hydrogen-bond donors (Lipinski definition) is 2. The summed E-state index contributed by atoms with van der Waals surface area (Å²) in [7, 11) is 0. The van der Waals surface area contributed by atoms with E-state index in [1.54, 1.807) is 17.0 Å². The van der Waals surface area contributed by atoms with E-state index in [0.29, 0.717) is 36.0 Å². The molecular formula is C15H19Cl2N3O2. The van der Waals surface area contributed by atoms with E-state index >= 15 is 0 Å². The van der Waals surface area contributed by atoms with Gasteiger partial charge >= 0.3 is 6.03 Å².